The van der Waals surface area contributed by atoms with E-state index in [9.17, 15) is 18.0 Å². The Balaban J connectivity index is 2.21. The first-order valence-corrected chi connectivity index (χ1v) is 8.95. The number of halogens is 3. The molecule has 0 saturated heterocycles. The van der Waals surface area contributed by atoms with Crippen molar-refractivity contribution in [3.05, 3.63) is 57.5 Å². The van der Waals surface area contributed by atoms with Gasteiger partial charge in [-0.3, -0.25) is 4.79 Å². The van der Waals surface area contributed by atoms with Gasteiger partial charge in [-0.2, -0.15) is 0 Å². The van der Waals surface area contributed by atoms with Crippen LogP contribution in [0.3, 0.4) is 0 Å². The third-order valence-corrected chi connectivity index (χ3v) is 4.58. The monoisotopic (exact) mass is 390 g/mol. The minimum Gasteiger partial charge on any atom is -0.453 e. The van der Waals surface area contributed by atoms with Gasteiger partial charge in [-0.05, 0) is 37.5 Å². The second-order valence-electron chi connectivity index (χ2n) is 7.15. The summed E-state index contributed by atoms with van der Waals surface area (Å²) in [6.07, 6.45) is 0.742. The number of hydrogen-bond acceptors (Lipinski definition) is 4. The van der Waals surface area contributed by atoms with E-state index < -0.39 is 22.9 Å². The van der Waals surface area contributed by atoms with Crippen molar-refractivity contribution >= 4 is 22.3 Å². The van der Waals surface area contributed by atoms with Crippen molar-refractivity contribution in [2.45, 2.75) is 27.2 Å². The summed E-state index contributed by atoms with van der Waals surface area (Å²) < 4.78 is 48.7. The Morgan fingerprint density at radius 3 is 2.50 bits per heavy atom. The summed E-state index contributed by atoms with van der Waals surface area (Å²) in [6.45, 7) is 5.71. The molecule has 0 aliphatic rings. The van der Waals surface area contributed by atoms with E-state index in [2.05, 4.69) is 5.32 Å². The van der Waals surface area contributed by atoms with E-state index in [1.807, 2.05) is 13.8 Å². The molecule has 28 heavy (non-hydrogen) atoms. The van der Waals surface area contributed by atoms with Crippen molar-refractivity contribution in [3.63, 3.8) is 0 Å². The van der Waals surface area contributed by atoms with Crippen molar-refractivity contribution in [3.8, 4) is 11.3 Å². The average molecular weight is 390 g/mol. The number of hydrogen-bond donors (Lipinski definition) is 2. The summed E-state index contributed by atoms with van der Waals surface area (Å²) >= 11 is 0. The summed E-state index contributed by atoms with van der Waals surface area (Å²) in [5.74, 6) is -2.14. The van der Waals surface area contributed by atoms with Crippen LogP contribution in [0.2, 0.25) is 0 Å². The molecule has 0 atom stereocenters. The molecule has 1 heterocycles. The molecule has 0 aliphatic heterocycles. The normalized spacial score (nSPS) is 11.4. The van der Waals surface area contributed by atoms with Crippen LogP contribution < -0.4 is 16.5 Å². The van der Waals surface area contributed by atoms with Crippen LogP contribution in [0, 0.1) is 30.3 Å². The van der Waals surface area contributed by atoms with E-state index in [4.69, 9.17) is 10.2 Å². The highest BCUT2D eigenvalue weighted by Crippen LogP contribution is 2.33. The quantitative estimate of drug-likeness (QED) is 0.586. The van der Waals surface area contributed by atoms with Crippen LogP contribution in [0.5, 0.6) is 0 Å². The van der Waals surface area contributed by atoms with Crippen LogP contribution >= 0.6 is 0 Å². The van der Waals surface area contributed by atoms with Gasteiger partial charge in [-0.25, -0.2) is 13.2 Å². The third kappa shape index (κ3) is 3.56. The van der Waals surface area contributed by atoms with E-state index in [1.54, 1.807) is 0 Å². The van der Waals surface area contributed by atoms with Crippen molar-refractivity contribution in [2.24, 2.45) is 5.92 Å². The number of nitrogen functional groups attached to an aromatic ring is 1. The molecular formula is C21H21F3N2O2. The minimum atomic E-state index is -0.961. The molecule has 0 unspecified atom stereocenters. The van der Waals surface area contributed by atoms with E-state index >= 15 is 0 Å². The lowest BCUT2D eigenvalue weighted by Gasteiger charge is -2.14. The summed E-state index contributed by atoms with van der Waals surface area (Å²) in [7, 11) is 0. The fourth-order valence-corrected chi connectivity index (χ4v) is 2.92. The zero-order valence-corrected chi connectivity index (χ0v) is 15.8. The first kappa shape index (κ1) is 19.8. The summed E-state index contributed by atoms with van der Waals surface area (Å²) in [6, 6.07) is 4.96. The molecule has 3 aromatic rings. The van der Waals surface area contributed by atoms with Gasteiger partial charge in [-0.15, -0.1) is 0 Å². The molecule has 0 bridgehead atoms. The number of nitrogens with one attached hydrogen (secondary N) is 1. The number of fused-ring (bicyclic) bond motifs is 1. The topological polar surface area (TPSA) is 68.3 Å². The fraction of sp³-hybridized carbons (Fsp3) is 0.286. The molecule has 0 fully saturated rings. The van der Waals surface area contributed by atoms with Gasteiger partial charge < -0.3 is 15.5 Å². The maximum atomic E-state index is 14.7. The Labute approximate surface area is 160 Å². The number of benzene rings is 2. The van der Waals surface area contributed by atoms with Crippen LogP contribution in [-0.2, 0) is 0 Å². The molecule has 2 aromatic carbocycles. The molecule has 4 nitrogen and oxygen atoms in total. The fourth-order valence-electron chi connectivity index (χ4n) is 2.92. The van der Waals surface area contributed by atoms with E-state index in [0.717, 1.165) is 18.6 Å². The van der Waals surface area contributed by atoms with Crippen molar-refractivity contribution in [2.75, 3.05) is 17.6 Å². The van der Waals surface area contributed by atoms with Gasteiger partial charge in [0.25, 0.3) is 0 Å². The first-order chi connectivity index (χ1) is 13.2. The van der Waals surface area contributed by atoms with E-state index in [0.29, 0.717) is 12.5 Å². The maximum absolute atomic E-state index is 14.7. The lowest BCUT2D eigenvalue weighted by molar-refractivity contribution is 0.536. The standard InChI is InChI=1S/C21H21F3N2O2/c1-10(2)6-7-26-20-17-15(27)9-16(12-4-5-14(25)13(22)8-12)28-21(17)19(24)11(3)18(20)23/h4-5,8-10,26H,6-7,25H2,1-3H3. The Hall–Kier alpha value is -2.96. The Morgan fingerprint density at radius 1 is 1.14 bits per heavy atom. The van der Waals surface area contributed by atoms with Gasteiger partial charge in [0.15, 0.2) is 22.6 Å². The van der Waals surface area contributed by atoms with Gasteiger partial charge >= 0.3 is 0 Å². The largest absolute Gasteiger partial charge is 0.453 e. The van der Waals surface area contributed by atoms with Gasteiger partial charge in [0.1, 0.15) is 11.6 Å². The molecule has 0 radical (unpaired) electrons. The Morgan fingerprint density at radius 2 is 1.86 bits per heavy atom. The van der Waals surface area contributed by atoms with Crippen LogP contribution in [0.4, 0.5) is 24.5 Å². The summed E-state index contributed by atoms with van der Waals surface area (Å²) in [4.78, 5) is 12.7. The van der Waals surface area contributed by atoms with E-state index in [-0.39, 0.29) is 39.2 Å². The molecule has 3 rings (SSSR count). The maximum Gasteiger partial charge on any atom is 0.195 e. The SMILES string of the molecule is Cc1c(F)c(NCCC(C)C)c2c(=O)cc(-c3ccc(N)c(F)c3)oc2c1F. The molecule has 3 N–H and O–H groups in total. The minimum absolute atomic E-state index is 0.0329. The number of anilines is 2. The smallest absolute Gasteiger partial charge is 0.195 e. The van der Waals surface area contributed by atoms with E-state index in [1.165, 1.54) is 19.1 Å². The molecule has 1 aromatic heterocycles. The molecule has 0 amide bonds. The van der Waals surface area contributed by atoms with Crippen molar-refractivity contribution < 1.29 is 17.6 Å². The Bertz CT molecular complexity index is 1110. The van der Waals surface area contributed by atoms with Crippen LogP contribution in [0.15, 0.2) is 33.5 Å². The van der Waals surface area contributed by atoms with Gasteiger partial charge in [0.05, 0.1) is 16.8 Å². The molecule has 0 spiro atoms. The first-order valence-electron chi connectivity index (χ1n) is 8.95. The summed E-state index contributed by atoms with van der Waals surface area (Å²) in [5.41, 5.74) is 4.28. The predicted octanol–water partition coefficient (Wildman–Crippen LogP) is 5.23. The lowest BCUT2D eigenvalue weighted by atomic mass is 10.1. The third-order valence-electron chi connectivity index (χ3n) is 4.58. The number of rotatable bonds is 5. The molecular weight excluding hydrogens is 369 g/mol. The second kappa shape index (κ2) is 7.58. The van der Waals surface area contributed by atoms with Crippen LogP contribution in [-0.4, -0.2) is 6.54 Å². The highest BCUT2D eigenvalue weighted by Gasteiger charge is 2.22. The zero-order chi connectivity index (χ0) is 20.6. The molecule has 0 saturated carbocycles. The highest BCUT2D eigenvalue weighted by atomic mass is 19.1. The lowest BCUT2D eigenvalue weighted by Crippen LogP contribution is -2.13. The number of nitrogens with two attached hydrogens (primary N) is 1. The summed E-state index contributed by atoms with van der Waals surface area (Å²) in [5, 5.41) is 2.69. The highest BCUT2D eigenvalue weighted by molar-refractivity contribution is 5.92. The molecule has 7 heteroatoms. The molecule has 148 valence electrons. The predicted molar refractivity (Wildman–Crippen MR) is 105 cm³/mol. The van der Waals surface area contributed by atoms with Crippen LogP contribution in [0.1, 0.15) is 25.8 Å². The average Bonchev–Trinajstić information content (AvgIpc) is 2.64. The van der Waals surface area contributed by atoms with Crippen molar-refractivity contribution in [1.82, 2.24) is 0 Å². The van der Waals surface area contributed by atoms with Crippen LogP contribution in [0.25, 0.3) is 22.3 Å². The van der Waals surface area contributed by atoms with Gasteiger partial charge in [0.2, 0.25) is 0 Å². The second-order valence-corrected chi connectivity index (χ2v) is 7.15. The van der Waals surface area contributed by atoms with Crippen molar-refractivity contribution in [1.29, 1.82) is 0 Å². The zero-order valence-electron chi connectivity index (χ0n) is 15.8. The van der Waals surface area contributed by atoms with Gasteiger partial charge in [0, 0.05) is 23.7 Å². The van der Waals surface area contributed by atoms with Gasteiger partial charge in [-0.1, -0.05) is 13.8 Å². The molecule has 0 aliphatic carbocycles. The Kier molecular flexibility index (Phi) is 5.36.